The molecule has 0 saturated heterocycles. The zero-order chi connectivity index (χ0) is 96.8. The summed E-state index contributed by atoms with van der Waals surface area (Å²) in [4.78, 5) is 0. The van der Waals surface area contributed by atoms with Gasteiger partial charge >= 0.3 is 39.0 Å². The summed E-state index contributed by atoms with van der Waals surface area (Å²) in [5, 5.41) is 59.8. The van der Waals surface area contributed by atoms with Gasteiger partial charge in [-0.05, 0) is 450 Å². The van der Waals surface area contributed by atoms with Crippen molar-refractivity contribution in [3.63, 3.8) is 0 Å². The Hall–Kier alpha value is -13.6. The monoisotopic (exact) mass is 2060 g/mol. The molecule has 700 valence electrons. The van der Waals surface area contributed by atoms with Crippen molar-refractivity contribution >= 4 is 194 Å². The molecule has 0 bridgehead atoms. The van der Waals surface area contributed by atoms with Crippen molar-refractivity contribution in [3.8, 4) is 11.1 Å². The van der Waals surface area contributed by atoms with E-state index in [0.717, 1.165) is 0 Å². The van der Waals surface area contributed by atoms with Gasteiger partial charge < -0.3 is 0 Å². The minimum absolute atomic E-state index is 0. The van der Waals surface area contributed by atoms with E-state index in [1.54, 1.807) is 338 Å². The first-order chi connectivity index (χ1) is 70.8. The molecule has 2 radical (unpaired) electrons. The molecule has 19 aliphatic carbocycles. The van der Waals surface area contributed by atoms with Crippen LogP contribution >= 0.6 is 0 Å². The summed E-state index contributed by atoms with van der Waals surface area (Å²) in [5.41, 5.74) is 55.3. The summed E-state index contributed by atoms with van der Waals surface area (Å²) in [6.45, 7) is 46.9. The van der Waals surface area contributed by atoms with Gasteiger partial charge in [0.05, 0.1) is 37.9 Å². The Morgan fingerprint density at radius 1 is 0.181 bits per heavy atom. The predicted octanol–water partition coefficient (Wildman–Crippen LogP) is 34.6. The largest absolute Gasteiger partial charge is 1.00 e. The first-order valence-corrected chi connectivity index (χ1v) is 55.2. The van der Waals surface area contributed by atoms with E-state index in [0.29, 0.717) is 0 Å². The third-order valence-electron chi connectivity index (χ3n) is 44.8. The Kier molecular flexibility index (Phi) is 11.5. The van der Waals surface area contributed by atoms with E-state index in [9.17, 15) is 0 Å². The van der Waals surface area contributed by atoms with Crippen LogP contribution in [0.15, 0.2) is 236 Å². The van der Waals surface area contributed by atoms with E-state index >= 15 is 0 Å². The smallest absolute Gasteiger partial charge is 0.214 e. The normalized spacial score (nSPS) is 23.6. The minimum Gasteiger partial charge on any atom is -0.214 e. The maximum absolute atomic E-state index is 2.81. The summed E-state index contributed by atoms with van der Waals surface area (Å²) in [6, 6.07) is 96.3. The van der Waals surface area contributed by atoms with Gasteiger partial charge in [0.1, 0.15) is 0 Å². The first kappa shape index (κ1) is 79.5. The molecule has 0 nitrogen and oxygen atoms in total. The van der Waals surface area contributed by atoms with E-state index in [1.165, 1.54) is 77.9 Å². The average Bonchev–Trinajstić information content (AvgIpc) is 1.37. The van der Waals surface area contributed by atoms with Crippen LogP contribution in [0.1, 0.15) is 320 Å². The number of hydrogen-bond acceptors (Lipinski definition) is 0. The number of allylic oxidation sites excluding steroid dienone is 2. The molecule has 0 fully saturated rings. The SMILES string of the molecule is Cc1ccc(C23c4c5c6c7c8c4c4c2c2c9c%10c4c4c%11c%12c%13c(c84)[C@]7(c4ccc(C(C)(C)C)cc4)c4c7c8c%14c4c=%13c4c%13c%15c%16c%17c%18c%19c%20c(c9c9c%21c2c2c%22c%23c(c-5c(c5c%23c%23c(c(c%14%13)c%13c%15c%18c%14c%13c%23c%22c%21c%14c%199)C58c5ccc(C(C)(C)C)cc5)[C@]67c5ccc(C(C)(C)C)cc5)[C@@H]23)C%10(c2ccc(C(C)(C)C)cc2)C%11=C(C=%12[C@@]4%16c2ccc(C(C)(C)C)cc2)[C@]%20%17c2ccc(C(C)(C)C)cc2)cc1.[Ru+].[Ru+].c1cc[cH-]c1.c1cc[cH-]c1. The standard InChI is InChI=1S/C137H86.2C5H5.2Ru/c1-48-20-22-55(23-21-48)131-104-79-73-65-62-63-64-66-68(65)81-91-76(73)83(104)102-103-110(131)98-95-85-78-86-99(98)116-122(103)137(61-46-34-54(35-47-61)130(17,18)19)117(102)113(91)132(56-36-24-49(25-37-56)125(2,3)4)105(81)80-69(66)74-71(64)89-88-70(63)72-67(62)75(79)82(106(95)131)94-90(72)112-115(88)136(60-44-32-53(33-45-60)129(14,15)16)114(89)111-87(74)84-77(80)92-100-96-97(109(86)135(116,121(100)124(137)118(92)132)59-42-30-52(31-43-59)128(11,12)13)101-93(78)119(133(112,108(85)94)57-38-26-50(27-39-57)126(5,6)7)123(136)120(101)134(111,107(84)96)58-40-28-51(29-41-58)127(8,9)10;2*1-2-4-5-3-1;;/h20-47,104H,1-19H3;2*1-5H;;/q;2*-1;2*+1/t104-,131?,132?,133?,134+,135+,136+,137-;;;;/m1..../s1. The van der Waals surface area contributed by atoms with Gasteiger partial charge in [-0.2, -0.15) is 36.4 Å². The van der Waals surface area contributed by atoms with Gasteiger partial charge in [0.15, 0.2) is 0 Å². The number of benzene rings is 22. The summed E-state index contributed by atoms with van der Waals surface area (Å²) >= 11 is 0. The van der Waals surface area contributed by atoms with Crippen LogP contribution in [0, 0.1) is 17.4 Å². The van der Waals surface area contributed by atoms with E-state index in [4.69, 9.17) is 0 Å². The molecule has 0 N–H and O–H groups in total. The predicted molar refractivity (Wildman–Crippen MR) is 609 cm³/mol. The summed E-state index contributed by atoms with van der Waals surface area (Å²) in [5.74, 6) is -0.0432. The Bertz CT molecular complexity index is 11900. The molecule has 27 aromatic carbocycles. The van der Waals surface area contributed by atoms with Gasteiger partial charge in [0.2, 0.25) is 0 Å². The van der Waals surface area contributed by atoms with Crippen molar-refractivity contribution in [1.82, 2.24) is 0 Å². The van der Waals surface area contributed by atoms with Gasteiger partial charge in [0.25, 0.3) is 0 Å². The van der Waals surface area contributed by atoms with Crippen LogP contribution in [-0.4, -0.2) is 0 Å². The summed E-state index contributed by atoms with van der Waals surface area (Å²) < 4.78 is 0. The molecular formula is C147H96Ru2. The molecule has 3 unspecified atom stereocenters. The minimum atomic E-state index is -0.839. The molecule has 0 amide bonds. The van der Waals surface area contributed by atoms with Crippen molar-refractivity contribution in [1.29, 1.82) is 0 Å². The zero-order valence-corrected chi connectivity index (χ0v) is 90.2. The quantitative estimate of drug-likeness (QED) is 0.0646. The molecule has 2 heteroatoms. The van der Waals surface area contributed by atoms with Crippen LogP contribution in [-0.2, 0) is 109 Å². The van der Waals surface area contributed by atoms with Gasteiger partial charge in [-0.1, -0.05) is 300 Å². The molecular weight excluding hydrogens is 1970 g/mol. The maximum Gasteiger partial charge on any atom is 1.00 e. The number of aryl methyl sites for hydroxylation is 1. The molecule has 19 aliphatic rings. The topological polar surface area (TPSA) is 0 Å². The van der Waals surface area contributed by atoms with E-state index < -0.39 is 37.9 Å². The van der Waals surface area contributed by atoms with Crippen LogP contribution in [0.3, 0.4) is 0 Å². The second-order valence-corrected chi connectivity index (χ2v) is 55.8. The average molecular weight is 2060 g/mol. The van der Waals surface area contributed by atoms with Gasteiger partial charge in [-0.25, -0.2) is 24.3 Å². The summed E-state index contributed by atoms with van der Waals surface area (Å²) in [6.07, 6.45) is 0. The third-order valence-corrected chi connectivity index (χ3v) is 44.8. The van der Waals surface area contributed by atoms with Crippen LogP contribution in [0.4, 0.5) is 0 Å². The molecule has 0 aromatic heterocycles. The molecule has 46 rings (SSSR count). The van der Waals surface area contributed by atoms with Crippen molar-refractivity contribution in [3.05, 3.63) is 441 Å². The Labute approximate surface area is 885 Å². The molecule has 0 heterocycles. The van der Waals surface area contributed by atoms with Crippen LogP contribution in [0.5, 0.6) is 0 Å². The van der Waals surface area contributed by atoms with E-state index in [-0.39, 0.29) is 77.4 Å². The zero-order valence-electron chi connectivity index (χ0n) is 86.7. The van der Waals surface area contributed by atoms with Gasteiger partial charge in [0, 0.05) is 5.92 Å². The number of rotatable bonds is 7. The molecule has 0 aliphatic heterocycles. The van der Waals surface area contributed by atoms with Gasteiger partial charge in [-0.3, -0.25) is 0 Å². The van der Waals surface area contributed by atoms with E-state index in [1.807, 2.05) is 60.7 Å². The maximum atomic E-state index is 2.81. The van der Waals surface area contributed by atoms with E-state index in [2.05, 4.69) is 301 Å². The Morgan fingerprint density at radius 2 is 0.436 bits per heavy atom. The van der Waals surface area contributed by atoms with Crippen molar-refractivity contribution in [2.45, 2.75) is 208 Å². The molecule has 8 atom stereocenters. The fraction of sp³-hybridized carbons (Fsp3) is 0.224. The van der Waals surface area contributed by atoms with Crippen molar-refractivity contribution in [2.24, 2.45) is 0 Å². The molecule has 27 aromatic rings. The van der Waals surface area contributed by atoms with Crippen LogP contribution in [0.25, 0.3) is 205 Å². The van der Waals surface area contributed by atoms with Crippen LogP contribution < -0.4 is 5.22 Å². The molecule has 0 spiro atoms. The third kappa shape index (κ3) is 6.41. The Balaban J connectivity index is 0.000000674. The number of hydrogen-bond donors (Lipinski definition) is 0. The first-order valence-electron chi connectivity index (χ1n) is 55.2. The van der Waals surface area contributed by atoms with Crippen LogP contribution in [0.2, 0.25) is 0 Å². The Morgan fingerprint density at radius 3 is 0.866 bits per heavy atom. The van der Waals surface area contributed by atoms with Crippen molar-refractivity contribution < 1.29 is 39.0 Å². The molecule has 0 saturated carbocycles. The fourth-order valence-corrected chi connectivity index (χ4v) is 41.0. The second kappa shape index (κ2) is 21.5. The second-order valence-electron chi connectivity index (χ2n) is 55.8. The van der Waals surface area contributed by atoms with Gasteiger partial charge in [-0.15, -0.1) is 0 Å². The fourth-order valence-electron chi connectivity index (χ4n) is 41.0. The molecule has 149 heavy (non-hydrogen) atoms. The van der Waals surface area contributed by atoms with Crippen molar-refractivity contribution in [2.75, 3.05) is 0 Å². The summed E-state index contributed by atoms with van der Waals surface area (Å²) in [7, 11) is 0.